The van der Waals surface area contributed by atoms with E-state index in [1.807, 2.05) is 0 Å². The highest BCUT2D eigenvalue weighted by molar-refractivity contribution is 5.02. The molecule has 21 heavy (non-hydrogen) atoms. The summed E-state index contributed by atoms with van der Waals surface area (Å²) in [5.41, 5.74) is 0.519. The van der Waals surface area contributed by atoms with Gasteiger partial charge < -0.3 is 0 Å². The van der Waals surface area contributed by atoms with Gasteiger partial charge in [-0.2, -0.15) is 0 Å². The predicted molar refractivity (Wildman–Crippen MR) is 98.8 cm³/mol. The molecule has 0 rings (SSSR count). The van der Waals surface area contributed by atoms with E-state index >= 15 is 0 Å². The quantitative estimate of drug-likeness (QED) is 0.239. The van der Waals surface area contributed by atoms with E-state index in [4.69, 9.17) is 0 Å². The molecule has 0 aliphatic carbocycles. The number of unbranched alkanes of at least 4 members (excludes halogenated alkanes) is 9. The summed E-state index contributed by atoms with van der Waals surface area (Å²) >= 11 is 0. The largest absolute Gasteiger partial charge is 0.0845 e. The molecular weight excluding hydrogens is 252 g/mol. The first-order chi connectivity index (χ1) is 10.1. The summed E-state index contributed by atoms with van der Waals surface area (Å²) in [6.07, 6.45) is 25.4. The van der Waals surface area contributed by atoms with Crippen molar-refractivity contribution >= 4 is 0 Å². The molecule has 0 saturated carbocycles. The van der Waals surface area contributed by atoms with E-state index < -0.39 is 0 Å². The van der Waals surface area contributed by atoms with Crippen molar-refractivity contribution in [2.75, 3.05) is 0 Å². The van der Waals surface area contributed by atoms with Crippen LogP contribution in [0.25, 0.3) is 0 Å². The fourth-order valence-electron chi connectivity index (χ4n) is 2.49. The lowest BCUT2D eigenvalue weighted by Crippen LogP contribution is -2.03. The monoisotopic (exact) mass is 292 g/mol. The molecular formula is C21H40. The smallest absolute Gasteiger partial charge is 0.0348 e. The minimum Gasteiger partial charge on any atom is -0.0845 e. The van der Waals surface area contributed by atoms with Crippen LogP contribution >= 0.6 is 0 Å². The Hall–Kier alpha value is -0.520. The number of hydrogen-bond acceptors (Lipinski definition) is 0. The van der Waals surface area contributed by atoms with Crippen LogP contribution in [0.2, 0.25) is 0 Å². The van der Waals surface area contributed by atoms with Gasteiger partial charge in [0.25, 0.3) is 0 Å². The molecule has 0 amide bonds. The summed E-state index contributed by atoms with van der Waals surface area (Å²) in [6, 6.07) is 0. The van der Waals surface area contributed by atoms with Gasteiger partial charge in [0.1, 0.15) is 0 Å². The first kappa shape index (κ1) is 20.5. The highest BCUT2D eigenvalue weighted by Crippen LogP contribution is 2.22. The first-order valence-electron chi connectivity index (χ1n) is 9.38. The van der Waals surface area contributed by atoms with Crippen LogP contribution in [-0.2, 0) is 0 Å². The number of rotatable bonds is 13. The van der Waals surface area contributed by atoms with E-state index in [2.05, 4.69) is 52.0 Å². The van der Waals surface area contributed by atoms with Crippen molar-refractivity contribution in [1.82, 2.24) is 0 Å². The molecule has 0 nitrogen and oxygen atoms in total. The second kappa shape index (κ2) is 14.4. The fourth-order valence-corrected chi connectivity index (χ4v) is 2.49. The van der Waals surface area contributed by atoms with Gasteiger partial charge >= 0.3 is 0 Å². The standard InChI is InChI=1S/C21H40/c1-5-6-7-8-9-10-11-12-13-14-15-16-17-18-19-20-21(2,3)4/h10-13H,5-9,14-20H2,1-4H3/b11-10-,13-12-. The molecule has 0 unspecified atom stereocenters. The Balaban J connectivity index is 3.23. The average Bonchev–Trinajstić information content (AvgIpc) is 2.42. The molecule has 0 heteroatoms. The van der Waals surface area contributed by atoms with Crippen molar-refractivity contribution in [1.29, 1.82) is 0 Å². The van der Waals surface area contributed by atoms with Crippen molar-refractivity contribution in [2.24, 2.45) is 5.41 Å². The van der Waals surface area contributed by atoms with Gasteiger partial charge in [-0.1, -0.05) is 96.9 Å². The zero-order valence-corrected chi connectivity index (χ0v) is 15.3. The predicted octanol–water partition coefficient (Wildman–Crippen LogP) is 7.85. The molecule has 0 spiro atoms. The molecule has 0 aromatic rings. The Kier molecular flexibility index (Phi) is 14.1. The summed E-state index contributed by atoms with van der Waals surface area (Å²) in [5, 5.41) is 0. The molecule has 0 aliphatic heterocycles. The van der Waals surface area contributed by atoms with E-state index in [0.29, 0.717) is 5.41 Å². The Labute approximate surface area is 135 Å². The summed E-state index contributed by atoms with van der Waals surface area (Å²) in [4.78, 5) is 0. The van der Waals surface area contributed by atoms with Gasteiger partial charge in [0, 0.05) is 0 Å². The van der Waals surface area contributed by atoms with Crippen LogP contribution in [0.4, 0.5) is 0 Å². The lowest BCUT2D eigenvalue weighted by atomic mass is 9.89. The minimum absolute atomic E-state index is 0.519. The molecule has 0 heterocycles. The molecule has 124 valence electrons. The summed E-state index contributed by atoms with van der Waals surface area (Å²) in [7, 11) is 0. The van der Waals surface area contributed by atoms with Gasteiger partial charge in [0.15, 0.2) is 0 Å². The summed E-state index contributed by atoms with van der Waals surface area (Å²) in [5.74, 6) is 0. The molecule has 0 aromatic carbocycles. The van der Waals surface area contributed by atoms with Crippen LogP contribution in [0, 0.1) is 5.41 Å². The molecule has 0 aromatic heterocycles. The van der Waals surface area contributed by atoms with Gasteiger partial charge in [-0.05, 0) is 37.5 Å². The van der Waals surface area contributed by atoms with E-state index in [-0.39, 0.29) is 0 Å². The third-order valence-corrected chi connectivity index (χ3v) is 3.91. The number of allylic oxidation sites excluding steroid dienone is 4. The van der Waals surface area contributed by atoms with Crippen molar-refractivity contribution in [2.45, 2.75) is 105 Å². The van der Waals surface area contributed by atoms with Crippen molar-refractivity contribution < 1.29 is 0 Å². The molecule has 0 atom stereocenters. The topological polar surface area (TPSA) is 0 Å². The molecule has 0 fully saturated rings. The number of hydrogen-bond donors (Lipinski definition) is 0. The van der Waals surface area contributed by atoms with Crippen molar-refractivity contribution in [3.05, 3.63) is 24.3 Å². The second-order valence-electron chi connectivity index (χ2n) is 7.57. The third kappa shape index (κ3) is 19.5. The van der Waals surface area contributed by atoms with Crippen LogP contribution in [0.3, 0.4) is 0 Å². The highest BCUT2D eigenvalue weighted by Gasteiger charge is 2.08. The maximum absolute atomic E-state index is 2.34. The van der Waals surface area contributed by atoms with Gasteiger partial charge in [-0.15, -0.1) is 0 Å². The van der Waals surface area contributed by atoms with Crippen molar-refractivity contribution in [3.63, 3.8) is 0 Å². The van der Waals surface area contributed by atoms with Gasteiger partial charge in [-0.25, -0.2) is 0 Å². The molecule has 0 radical (unpaired) electrons. The van der Waals surface area contributed by atoms with Crippen LogP contribution in [0.15, 0.2) is 24.3 Å². The Morgan fingerprint density at radius 2 is 1.10 bits per heavy atom. The molecule has 0 N–H and O–H groups in total. The summed E-state index contributed by atoms with van der Waals surface area (Å²) in [6.45, 7) is 9.29. The van der Waals surface area contributed by atoms with Crippen LogP contribution in [-0.4, -0.2) is 0 Å². The fraction of sp³-hybridized carbons (Fsp3) is 0.810. The van der Waals surface area contributed by atoms with Crippen LogP contribution < -0.4 is 0 Å². The maximum atomic E-state index is 2.34. The first-order valence-corrected chi connectivity index (χ1v) is 9.38. The normalized spacial score (nSPS) is 12.8. The van der Waals surface area contributed by atoms with Gasteiger partial charge in [0.2, 0.25) is 0 Å². The Morgan fingerprint density at radius 3 is 1.62 bits per heavy atom. The minimum atomic E-state index is 0.519. The zero-order chi connectivity index (χ0) is 15.8. The Morgan fingerprint density at radius 1 is 0.619 bits per heavy atom. The highest BCUT2D eigenvalue weighted by atomic mass is 14.1. The lowest BCUT2D eigenvalue weighted by Gasteiger charge is -2.17. The average molecular weight is 293 g/mol. The lowest BCUT2D eigenvalue weighted by molar-refractivity contribution is 0.356. The van der Waals surface area contributed by atoms with E-state index in [9.17, 15) is 0 Å². The zero-order valence-electron chi connectivity index (χ0n) is 15.3. The molecule has 0 saturated heterocycles. The SMILES string of the molecule is CCCCCC/C=C\C=C/CCCCCCCC(C)(C)C. The van der Waals surface area contributed by atoms with E-state index in [1.165, 1.54) is 77.0 Å². The van der Waals surface area contributed by atoms with Gasteiger partial charge in [0.05, 0.1) is 0 Å². The van der Waals surface area contributed by atoms with Gasteiger partial charge in [-0.3, -0.25) is 0 Å². The molecule has 0 bridgehead atoms. The van der Waals surface area contributed by atoms with E-state index in [1.54, 1.807) is 0 Å². The Bertz CT molecular complexity index is 252. The van der Waals surface area contributed by atoms with Crippen LogP contribution in [0.5, 0.6) is 0 Å². The molecule has 0 aliphatic rings. The van der Waals surface area contributed by atoms with Crippen molar-refractivity contribution in [3.8, 4) is 0 Å². The summed E-state index contributed by atoms with van der Waals surface area (Å²) < 4.78 is 0. The van der Waals surface area contributed by atoms with E-state index in [0.717, 1.165) is 0 Å². The van der Waals surface area contributed by atoms with Crippen LogP contribution in [0.1, 0.15) is 105 Å². The third-order valence-electron chi connectivity index (χ3n) is 3.91. The second-order valence-corrected chi connectivity index (χ2v) is 7.57. The maximum Gasteiger partial charge on any atom is -0.0348 e.